The van der Waals surface area contributed by atoms with Crippen LogP contribution in [0, 0.1) is 0 Å². The minimum Gasteiger partial charge on any atom is -0.480 e. The Labute approximate surface area is 127 Å². The van der Waals surface area contributed by atoms with Crippen LogP contribution < -0.4 is 0 Å². The van der Waals surface area contributed by atoms with E-state index in [1.165, 1.54) is 43.4 Å². The molecule has 0 bridgehead atoms. The van der Waals surface area contributed by atoms with Gasteiger partial charge in [-0.1, -0.05) is 38.5 Å². The molecule has 0 aromatic rings. The van der Waals surface area contributed by atoms with Crippen LogP contribution in [0.4, 0.5) is 4.79 Å². The zero-order valence-corrected chi connectivity index (χ0v) is 13.1. The van der Waals surface area contributed by atoms with Crippen LogP contribution in [0.1, 0.15) is 64.2 Å². The molecule has 21 heavy (non-hydrogen) atoms. The number of urea groups is 1. The van der Waals surface area contributed by atoms with E-state index in [4.69, 9.17) is 5.11 Å². The van der Waals surface area contributed by atoms with Crippen molar-refractivity contribution in [2.24, 2.45) is 0 Å². The first-order chi connectivity index (χ1) is 10.1. The molecule has 2 amide bonds. The molecule has 5 heteroatoms. The standard InChI is InChI=1S/C16H28N2O3/c1-17(12-15(19)20)16(21)18(13-8-4-2-5-9-13)14-10-6-3-7-11-14/h13-14H,2-12H2,1H3,(H,19,20). The fourth-order valence-electron chi connectivity index (χ4n) is 3.80. The monoisotopic (exact) mass is 296 g/mol. The lowest BCUT2D eigenvalue weighted by atomic mass is 9.89. The number of amides is 2. The Bertz CT molecular complexity index is 343. The van der Waals surface area contributed by atoms with Crippen LogP contribution in [0.15, 0.2) is 0 Å². The highest BCUT2D eigenvalue weighted by molar-refractivity contribution is 5.80. The Morgan fingerprint density at radius 1 is 0.905 bits per heavy atom. The van der Waals surface area contributed by atoms with Crippen molar-refractivity contribution in [1.29, 1.82) is 0 Å². The Morgan fingerprint density at radius 3 is 1.71 bits per heavy atom. The molecule has 5 nitrogen and oxygen atoms in total. The Hall–Kier alpha value is -1.26. The molecule has 1 N–H and O–H groups in total. The molecular formula is C16H28N2O3. The first-order valence-corrected chi connectivity index (χ1v) is 8.35. The lowest BCUT2D eigenvalue weighted by Gasteiger charge is -2.43. The zero-order valence-electron chi connectivity index (χ0n) is 13.1. The smallest absolute Gasteiger partial charge is 0.323 e. The fourth-order valence-corrected chi connectivity index (χ4v) is 3.80. The summed E-state index contributed by atoms with van der Waals surface area (Å²) >= 11 is 0. The molecule has 0 atom stereocenters. The van der Waals surface area contributed by atoms with Gasteiger partial charge in [0.25, 0.3) is 0 Å². The average Bonchev–Trinajstić information content (AvgIpc) is 2.49. The summed E-state index contributed by atoms with van der Waals surface area (Å²) in [4.78, 5) is 27.1. The number of nitrogens with zero attached hydrogens (tertiary/aromatic N) is 2. The van der Waals surface area contributed by atoms with Gasteiger partial charge < -0.3 is 14.9 Å². The molecule has 2 aliphatic rings. The second-order valence-electron chi connectivity index (χ2n) is 6.52. The van der Waals surface area contributed by atoms with Crippen molar-refractivity contribution in [3.63, 3.8) is 0 Å². The maximum atomic E-state index is 12.8. The van der Waals surface area contributed by atoms with E-state index in [9.17, 15) is 9.59 Å². The second kappa shape index (κ2) is 7.66. The van der Waals surface area contributed by atoms with Gasteiger partial charge in [-0.3, -0.25) is 4.79 Å². The van der Waals surface area contributed by atoms with Gasteiger partial charge >= 0.3 is 12.0 Å². The predicted octanol–water partition coefficient (Wildman–Crippen LogP) is 3.09. The molecule has 2 rings (SSSR count). The van der Waals surface area contributed by atoms with E-state index < -0.39 is 5.97 Å². The first kappa shape index (κ1) is 16.1. The van der Waals surface area contributed by atoms with Gasteiger partial charge in [0, 0.05) is 19.1 Å². The summed E-state index contributed by atoms with van der Waals surface area (Å²) in [5.74, 6) is -0.946. The lowest BCUT2D eigenvalue weighted by Crippen LogP contribution is -2.53. The highest BCUT2D eigenvalue weighted by Gasteiger charge is 2.34. The quantitative estimate of drug-likeness (QED) is 0.867. The molecule has 0 heterocycles. The van der Waals surface area contributed by atoms with Crippen LogP contribution in [0.5, 0.6) is 0 Å². The number of carboxylic acids is 1. The van der Waals surface area contributed by atoms with E-state index in [2.05, 4.69) is 0 Å². The average molecular weight is 296 g/mol. The van der Waals surface area contributed by atoms with E-state index >= 15 is 0 Å². The third-order valence-corrected chi connectivity index (χ3v) is 4.86. The molecule has 2 saturated carbocycles. The van der Waals surface area contributed by atoms with Gasteiger partial charge in [0.05, 0.1) is 0 Å². The summed E-state index contributed by atoms with van der Waals surface area (Å²) in [7, 11) is 1.61. The number of hydrogen-bond acceptors (Lipinski definition) is 2. The molecule has 0 aromatic carbocycles. The third-order valence-electron chi connectivity index (χ3n) is 4.86. The number of rotatable bonds is 4. The maximum Gasteiger partial charge on any atom is 0.323 e. The molecule has 0 unspecified atom stereocenters. The van der Waals surface area contributed by atoms with Crippen LogP contribution in [0.2, 0.25) is 0 Å². The van der Waals surface area contributed by atoms with Crippen LogP contribution in [0.3, 0.4) is 0 Å². The van der Waals surface area contributed by atoms with Gasteiger partial charge in [0.1, 0.15) is 6.54 Å². The summed E-state index contributed by atoms with van der Waals surface area (Å²) in [5, 5.41) is 8.92. The highest BCUT2D eigenvalue weighted by atomic mass is 16.4. The van der Waals surface area contributed by atoms with Crippen molar-refractivity contribution < 1.29 is 14.7 Å². The normalized spacial score (nSPS) is 21.0. The number of carboxylic acid groups (broad SMARTS) is 1. The minimum absolute atomic E-state index is 0.0869. The molecule has 2 aliphatic carbocycles. The summed E-state index contributed by atoms with van der Waals surface area (Å²) < 4.78 is 0. The number of likely N-dealkylation sites (N-methyl/N-ethyl adjacent to an activating group) is 1. The summed E-state index contributed by atoms with van der Waals surface area (Å²) in [6.45, 7) is -0.214. The molecule has 0 aromatic heterocycles. The van der Waals surface area contributed by atoms with Gasteiger partial charge in [-0.25, -0.2) is 4.79 Å². The van der Waals surface area contributed by atoms with Gasteiger partial charge in [0.2, 0.25) is 0 Å². The van der Waals surface area contributed by atoms with E-state index in [1.807, 2.05) is 4.90 Å². The van der Waals surface area contributed by atoms with Crippen LogP contribution in [0.25, 0.3) is 0 Å². The van der Waals surface area contributed by atoms with Crippen molar-refractivity contribution in [1.82, 2.24) is 9.80 Å². The molecule has 120 valence electrons. The van der Waals surface area contributed by atoms with E-state index in [1.54, 1.807) is 7.05 Å². The van der Waals surface area contributed by atoms with Crippen molar-refractivity contribution in [3.8, 4) is 0 Å². The largest absolute Gasteiger partial charge is 0.480 e. The third kappa shape index (κ3) is 4.35. The van der Waals surface area contributed by atoms with Crippen molar-refractivity contribution in [3.05, 3.63) is 0 Å². The van der Waals surface area contributed by atoms with Gasteiger partial charge in [0.15, 0.2) is 0 Å². The number of carbonyl (C=O) groups is 2. The van der Waals surface area contributed by atoms with Crippen LogP contribution >= 0.6 is 0 Å². The molecule has 0 radical (unpaired) electrons. The zero-order chi connectivity index (χ0) is 15.2. The Balaban J connectivity index is 2.09. The van der Waals surface area contributed by atoms with Gasteiger partial charge in [-0.05, 0) is 25.7 Å². The SMILES string of the molecule is CN(CC(=O)O)C(=O)N(C1CCCCC1)C1CCCCC1. The fraction of sp³-hybridized carbons (Fsp3) is 0.875. The van der Waals surface area contributed by atoms with Crippen molar-refractivity contribution in [2.45, 2.75) is 76.3 Å². The van der Waals surface area contributed by atoms with E-state index in [0.717, 1.165) is 25.7 Å². The van der Waals surface area contributed by atoms with Gasteiger partial charge in [-0.2, -0.15) is 0 Å². The Morgan fingerprint density at radius 2 is 1.33 bits per heavy atom. The highest BCUT2D eigenvalue weighted by Crippen LogP contribution is 2.30. The molecule has 0 aliphatic heterocycles. The first-order valence-electron chi connectivity index (χ1n) is 8.35. The topological polar surface area (TPSA) is 60.9 Å². The lowest BCUT2D eigenvalue weighted by molar-refractivity contribution is -0.137. The van der Waals surface area contributed by atoms with Crippen LogP contribution in [-0.4, -0.2) is 52.6 Å². The molecule has 2 fully saturated rings. The second-order valence-corrected chi connectivity index (χ2v) is 6.52. The summed E-state index contributed by atoms with van der Waals surface area (Å²) in [5.41, 5.74) is 0. The summed E-state index contributed by atoms with van der Waals surface area (Å²) in [6, 6.07) is 0.535. The van der Waals surface area contributed by atoms with E-state index in [-0.39, 0.29) is 12.6 Å². The summed E-state index contributed by atoms with van der Waals surface area (Å²) in [6.07, 6.45) is 11.5. The van der Waals surface area contributed by atoms with Crippen LogP contribution in [-0.2, 0) is 4.79 Å². The molecular weight excluding hydrogens is 268 g/mol. The predicted molar refractivity (Wildman–Crippen MR) is 81.2 cm³/mol. The Kier molecular flexibility index (Phi) is 5.88. The number of carbonyl (C=O) groups excluding carboxylic acids is 1. The van der Waals surface area contributed by atoms with Crippen molar-refractivity contribution >= 4 is 12.0 Å². The van der Waals surface area contributed by atoms with Gasteiger partial charge in [-0.15, -0.1) is 0 Å². The number of hydrogen-bond donors (Lipinski definition) is 1. The number of aliphatic carboxylic acids is 1. The van der Waals surface area contributed by atoms with E-state index in [0.29, 0.717) is 12.1 Å². The maximum absolute atomic E-state index is 12.8. The molecule has 0 saturated heterocycles. The minimum atomic E-state index is -0.946. The molecule has 0 spiro atoms. The van der Waals surface area contributed by atoms with Crippen molar-refractivity contribution in [2.75, 3.05) is 13.6 Å².